The van der Waals surface area contributed by atoms with Gasteiger partial charge in [0.1, 0.15) is 12.4 Å². The molecule has 0 aliphatic heterocycles. The first-order valence-corrected chi connectivity index (χ1v) is 6.90. The molecule has 1 unspecified atom stereocenters. The zero-order valence-electron chi connectivity index (χ0n) is 12.4. The van der Waals surface area contributed by atoms with E-state index in [1.165, 1.54) is 6.92 Å². The zero-order chi connectivity index (χ0) is 15.0. The minimum Gasteiger partial charge on any atom is -0.463 e. The molecule has 0 aromatic carbocycles. The highest BCUT2D eigenvalue weighted by atomic mass is 16.6. The average Bonchev–Trinajstić information content (AvgIpc) is 2.79. The Kier molecular flexibility index (Phi) is 6.76. The number of imidazole rings is 1. The molecule has 1 heterocycles. The SMILES string of the molecule is CCCCCOC(=O)C(C)OC(=O)Cn1cc[n+](C)c1. The molecule has 112 valence electrons. The maximum atomic E-state index is 11.7. The molecule has 6 nitrogen and oxygen atoms in total. The first-order valence-electron chi connectivity index (χ1n) is 6.90. The lowest BCUT2D eigenvalue weighted by atomic mass is 10.3. The fraction of sp³-hybridized carbons (Fsp3) is 0.643. The van der Waals surface area contributed by atoms with Crippen molar-refractivity contribution in [3.63, 3.8) is 0 Å². The molecule has 0 radical (unpaired) electrons. The van der Waals surface area contributed by atoms with E-state index in [2.05, 4.69) is 6.92 Å². The minimum atomic E-state index is -0.867. The van der Waals surface area contributed by atoms with Gasteiger partial charge in [0.25, 0.3) is 0 Å². The van der Waals surface area contributed by atoms with Crippen LogP contribution in [0.1, 0.15) is 33.1 Å². The van der Waals surface area contributed by atoms with Crippen molar-refractivity contribution in [1.29, 1.82) is 0 Å². The predicted octanol–water partition coefficient (Wildman–Crippen LogP) is 0.978. The van der Waals surface area contributed by atoms with E-state index in [4.69, 9.17) is 9.47 Å². The second-order valence-corrected chi connectivity index (χ2v) is 4.76. The number of carbonyl (C=O) groups excluding carboxylic acids is 2. The second-order valence-electron chi connectivity index (χ2n) is 4.76. The van der Waals surface area contributed by atoms with Gasteiger partial charge in [-0.2, -0.15) is 0 Å². The number of esters is 2. The summed E-state index contributed by atoms with van der Waals surface area (Å²) in [5, 5.41) is 0. The summed E-state index contributed by atoms with van der Waals surface area (Å²) in [5.41, 5.74) is 0. The van der Waals surface area contributed by atoms with Crippen LogP contribution in [0.5, 0.6) is 0 Å². The van der Waals surface area contributed by atoms with Crippen LogP contribution in [0.15, 0.2) is 18.7 Å². The van der Waals surface area contributed by atoms with Crippen LogP contribution < -0.4 is 4.57 Å². The standard InChI is InChI=1S/C14H23N2O4/c1-4-5-6-9-19-14(18)12(2)20-13(17)10-16-8-7-15(3)11-16/h7-8,11-12H,4-6,9-10H2,1-3H3/q+1. The molecular formula is C14H23N2O4+. The Morgan fingerprint density at radius 3 is 2.70 bits per heavy atom. The van der Waals surface area contributed by atoms with E-state index in [0.717, 1.165) is 19.3 Å². The van der Waals surface area contributed by atoms with E-state index in [9.17, 15) is 9.59 Å². The highest BCUT2D eigenvalue weighted by molar-refractivity contribution is 5.78. The van der Waals surface area contributed by atoms with Gasteiger partial charge in [-0.15, -0.1) is 0 Å². The van der Waals surface area contributed by atoms with Crippen LogP contribution >= 0.6 is 0 Å². The van der Waals surface area contributed by atoms with Gasteiger partial charge in [-0.1, -0.05) is 19.8 Å². The van der Waals surface area contributed by atoms with Gasteiger partial charge < -0.3 is 9.47 Å². The quantitative estimate of drug-likeness (QED) is 0.405. The van der Waals surface area contributed by atoms with Gasteiger partial charge >= 0.3 is 11.9 Å². The van der Waals surface area contributed by atoms with Gasteiger partial charge in [-0.05, 0) is 13.3 Å². The molecule has 0 spiro atoms. The lowest BCUT2D eigenvalue weighted by molar-refractivity contribution is -0.671. The van der Waals surface area contributed by atoms with Crippen LogP contribution in [0.25, 0.3) is 0 Å². The van der Waals surface area contributed by atoms with Crippen molar-refractivity contribution in [3.05, 3.63) is 18.7 Å². The third kappa shape index (κ3) is 5.86. The molecule has 0 N–H and O–H groups in total. The molecule has 1 rings (SSSR count). The van der Waals surface area contributed by atoms with Gasteiger partial charge in [-0.3, -0.25) is 0 Å². The maximum absolute atomic E-state index is 11.7. The first kappa shape index (κ1) is 16.2. The van der Waals surface area contributed by atoms with E-state index in [1.807, 2.05) is 17.8 Å². The predicted molar refractivity (Wildman–Crippen MR) is 71.6 cm³/mol. The summed E-state index contributed by atoms with van der Waals surface area (Å²) < 4.78 is 13.6. The number of nitrogens with zero attached hydrogens (tertiary/aromatic N) is 2. The third-order valence-corrected chi connectivity index (χ3v) is 2.77. The Morgan fingerprint density at radius 1 is 1.35 bits per heavy atom. The van der Waals surface area contributed by atoms with Crippen molar-refractivity contribution < 1.29 is 23.6 Å². The minimum absolute atomic E-state index is 0.0777. The van der Waals surface area contributed by atoms with Crippen molar-refractivity contribution >= 4 is 11.9 Å². The average molecular weight is 283 g/mol. The Balaban J connectivity index is 2.28. The Bertz CT molecular complexity index is 442. The summed E-state index contributed by atoms with van der Waals surface area (Å²) in [5.74, 6) is -0.952. The molecule has 0 bridgehead atoms. The third-order valence-electron chi connectivity index (χ3n) is 2.77. The van der Waals surface area contributed by atoms with Crippen LogP contribution in [0.3, 0.4) is 0 Å². The molecule has 1 atom stereocenters. The topological polar surface area (TPSA) is 61.4 Å². The molecule has 0 fully saturated rings. The summed E-state index contributed by atoms with van der Waals surface area (Å²) in [6, 6.07) is 0. The largest absolute Gasteiger partial charge is 0.463 e. The molecule has 1 aromatic heterocycles. The van der Waals surface area contributed by atoms with E-state index < -0.39 is 18.0 Å². The fourth-order valence-electron chi connectivity index (χ4n) is 1.67. The van der Waals surface area contributed by atoms with E-state index in [-0.39, 0.29) is 6.54 Å². The number of rotatable bonds is 8. The van der Waals surface area contributed by atoms with Crippen molar-refractivity contribution in [3.8, 4) is 0 Å². The van der Waals surface area contributed by atoms with Crippen molar-refractivity contribution in [2.24, 2.45) is 7.05 Å². The maximum Gasteiger partial charge on any atom is 0.349 e. The highest BCUT2D eigenvalue weighted by Gasteiger charge is 2.20. The normalized spacial score (nSPS) is 11.9. The summed E-state index contributed by atoms with van der Waals surface area (Å²) in [6.45, 7) is 4.06. The number of hydrogen-bond donors (Lipinski definition) is 0. The fourth-order valence-corrected chi connectivity index (χ4v) is 1.67. The summed E-state index contributed by atoms with van der Waals surface area (Å²) in [4.78, 5) is 23.2. The van der Waals surface area contributed by atoms with Gasteiger partial charge in [0.2, 0.25) is 6.33 Å². The lowest BCUT2D eigenvalue weighted by Crippen LogP contribution is -2.29. The molecule has 0 saturated heterocycles. The lowest BCUT2D eigenvalue weighted by Gasteiger charge is -2.11. The molecule has 0 amide bonds. The zero-order valence-corrected chi connectivity index (χ0v) is 12.4. The van der Waals surface area contributed by atoms with Gasteiger partial charge in [0.15, 0.2) is 12.6 Å². The van der Waals surface area contributed by atoms with Crippen molar-refractivity contribution in [2.45, 2.75) is 45.8 Å². The summed E-state index contributed by atoms with van der Waals surface area (Å²) >= 11 is 0. The molecule has 1 aromatic rings. The van der Waals surface area contributed by atoms with Crippen molar-refractivity contribution in [1.82, 2.24) is 4.57 Å². The van der Waals surface area contributed by atoms with Gasteiger partial charge in [0.05, 0.1) is 13.7 Å². The molecule has 0 aliphatic rings. The number of carbonyl (C=O) groups is 2. The van der Waals surface area contributed by atoms with Crippen LogP contribution in [-0.4, -0.2) is 29.2 Å². The molecule has 6 heteroatoms. The molecule has 0 aliphatic carbocycles. The van der Waals surface area contributed by atoms with Gasteiger partial charge in [0, 0.05) is 0 Å². The number of ether oxygens (including phenoxy) is 2. The number of unbranched alkanes of at least 4 members (excludes halogenated alkanes) is 2. The van der Waals surface area contributed by atoms with Gasteiger partial charge in [-0.25, -0.2) is 18.7 Å². The smallest absolute Gasteiger partial charge is 0.349 e. The Labute approximate surface area is 119 Å². The Hall–Kier alpha value is -1.85. The Morgan fingerprint density at radius 2 is 2.10 bits per heavy atom. The molecule has 20 heavy (non-hydrogen) atoms. The summed E-state index contributed by atoms with van der Waals surface area (Å²) in [7, 11) is 1.86. The monoisotopic (exact) mass is 283 g/mol. The first-order chi connectivity index (χ1) is 9.52. The number of aryl methyl sites for hydroxylation is 1. The van der Waals surface area contributed by atoms with E-state index in [0.29, 0.717) is 6.61 Å². The van der Waals surface area contributed by atoms with Crippen LogP contribution in [0.4, 0.5) is 0 Å². The van der Waals surface area contributed by atoms with Crippen LogP contribution in [0, 0.1) is 0 Å². The van der Waals surface area contributed by atoms with E-state index >= 15 is 0 Å². The van der Waals surface area contributed by atoms with Crippen LogP contribution in [-0.2, 0) is 32.7 Å². The molecule has 0 saturated carbocycles. The second kappa shape index (κ2) is 8.35. The van der Waals surface area contributed by atoms with E-state index in [1.54, 1.807) is 17.1 Å². The highest BCUT2D eigenvalue weighted by Crippen LogP contribution is 2.00. The molecular weight excluding hydrogens is 260 g/mol. The number of aromatic nitrogens is 2. The summed E-state index contributed by atoms with van der Waals surface area (Å²) in [6.07, 6.45) is 7.39. The number of hydrogen-bond acceptors (Lipinski definition) is 4. The van der Waals surface area contributed by atoms with Crippen molar-refractivity contribution in [2.75, 3.05) is 6.61 Å². The van der Waals surface area contributed by atoms with Crippen LogP contribution in [0.2, 0.25) is 0 Å².